The number of para-hydroxylation sites is 1. The highest BCUT2D eigenvalue weighted by atomic mass is 16.3. The van der Waals surface area contributed by atoms with Crippen molar-refractivity contribution in [2.75, 3.05) is 0 Å². The third-order valence-corrected chi connectivity index (χ3v) is 4.56. The van der Waals surface area contributed by atoms with Gasteiger partial charge in [-0.05, 0) is 28.1 Å². The Labute approximate surface area is 148 Å². The molecule has 1 aromatic heterocycles. The van der Waals surface area contributed by atoms with Crippen LogP contribution in [0, 0.1) is 11.3 Å². The minimum Gasteiger partial charge on any atom is -0.456 e. The molecule has 0 aliphatic carbocycles. The molecule has 1 aliphatic rings. The Morgan fingerprint density at radius 1 is 1.15 bits per heavy atom. The number of nitrogens with two attached hydrogens (primary N) is 1. The van der Waals surface area contributed by atoms with Gasteiger partial charge in [0, 0.05) is 23.6 Å². The molecule has 1 amide bonds. The molecule has 1 atom stereocenters. The summed E-state index contributed by atoms with van der Waals surface area (Å²) in [5.74, 6) is -1.51. The van der Waals surface area contributed by atoms with E-state index in [-0.39, 0.29) is 12.8 Å². The maximum atomic E-state index is 12.3. The first-order chi connectivity index (χ1) is 12.6. The van der Waals surface area contributed by atoms with Gasteiger partial charge >= 0.3 is 0 Å². The summed E-state index contributed by atoms with van der Waals surface area (Å²) in [4.78, 5) is 12.3. The van der Waals surface area contributed by atoms with Crippen LogP contribution >= 0.6 is 0 Å². The lowest BCUT2D eigenvalue weighted by Crippen LogP contribution is -2.39. The van der Waals surface area contributed by atoms with Crippen LogP contribution < -0.4 is 5.73 Å². The second-order valence-electron chi connectivity index (χ2n) is 6.10. The molecule has 2 N–H and O–H groups in total. The average Bonchev–Trinajstić information content (AvgIpc) is 3.24. The molecule has 2 aromatic carbocycles. The Morgan fingerprint density at radius 3 is 2.62 bits per heavy atom. The number of nitriles is 1. The number of primary amides is 1. The zero-order chi connectivity index (χ0) is 18.1. The van der Waals surface area contributed by atoms with Gasteiger partial charge in [-0.3, -0.25) is 4.79 Å². The predicted octanol–water partition coefficient (Wildman–Crippen LogP) is 3.99. The Bertz CT molecular complexity index is 1100. The number of nitrogens with zero attached hydrogens (tertiary/aromatic N) is 5. The predicted molar refractivity (Wildman–Crippen MR) is 92.9 cm³/mol. The molecule has 2 heterocycles. The summed E-state index contributed by atoms with van der Waals surface area (Å²) in [6.45, 7) is 0. The second kappa shape index (κ2) is 6.04. The van der Waals surface area contributed by atoms with E-state index in [2.05, 4.69) is 20.7 Å². The molecule has 26 heavy (non-hydrogen) atoms. The fraction of sp³-hybridized carbons (Fsp3) is 0.222. The number of fused-ring (bicyclic) bond motifs is 3. The quantitative estimate of drug-likeness (QED) is 0.749. The fourth-order valence-corrected chi connectivity index (χ4v) is 3.40. The van der Waals surface area contributed by atoms with Crippen LogP contribution in [0.1, 0.15) is 24.3 Å². The molecular formula is C18H14N6O2. The number of carbonyl (C=O) groups is 1. The first-order valence-electron chi connectivity index (χ1n) is 8.06. The van der Waals surface area contributed by atoms with E-state index < -0.39 is 17.5 Å². The van der Waals surface area contributed by atoms with Gasteiger partial charge in [0.25, 0.3) is 0 Å². The van der Waals surface area contributed by atoms with Crippen LogP contribution in [0.25, 0.3) is 21.9 Å². The maximum absolute atomic E-state index is 12.3. The second-order valence-corrected chi connectivity index (χ2v) is 6.10. The van der Waals surface area contributed by atoms with Crippen LogP contribution in [0.2, 0.25) is 0 Å². The Kier molecular flexibility index (Phi) is 3.69. The van der Waals surface area contributed by atoms with Gasteiger partial charge in [-0.25, -0.2) is 0 Å². The van der Waals surface area contributed by atoms with E-state index in [0.717, 1.165) is 16.4 Å². The molecule has 8 nitrogen and oxygen atoms in total. The zero-order valence-corrected chi connectivity index (χ0v) is 13.7. The lowest BCUT2D eigenvalue weighted by Gasteiger charge is -2.26. The van der Waals surface area contributed by atoms with Crippen molar-refractivity contribution < 1.29 is 9.21 Å². The maximum Gasteiger partial charge on any atom is 0.229 e. The standard InChI is InChI=1S/C18H14N6O2/c19-9-3-8-18(21-23-24-22-18)16(17(20)25)11-6-7-13-12-4-1-2-5-14(12)26-15(13)10-11/h1-2,4-7,10,16H,3,8H2,(H2,20,25). The normalized spacial score (nSPS) is 16.1. The highest BCUT2D eigenvalue weighted by Gasteiger charge is 2.46. The van der Waals surface area contributed by atoms with Crippen LogP contribution in [0.5, 0.6) is 0 Å². The summed E-state index contributed by atoms with van der Waals surface area (Å²) >= 11 is 0. The molecule has 4 rings (SSSR count). The molecule has 1 aliphatic heterocycles. The van der Waals surface area contributed by atoms with Crippen LogP contribution in [-0.4, -0.2) is 11.6 Å². The third kappa shape index (κ3) is 2.41. The Hall–Kier alpha value is -3.60. The summed E-state index contributed by atoms with van der Waals surface area (Å²) in [7, 11) is 0. The number of furan rings is 1. The van der Waals surface area contributed by atoms with Crippen LogP contribution in [0.15, 0.2) is 67.6 Å². The number of hydrogen-bond acceptors (Lipinski definition) is 7. The lowest BCUT2D eigenvalue weighted by atomic mass is 9.83. The van der Waals surface area contributed by atoms with E-state index in [1.807, 2.05) is 36.4 Å². The van der Waals surface area contributed by atoms with E-state index >= 15 is 0 Å². The van der Waals surface area contributed by atoms with E-state index in [1.165, 1.54) is 0 Å². The molecule has 0 radical (unpaired) electrons. The molecule has 8 heteroatoms. The van der Waals surface area contributed by atoms with E-state index in [4.69, 9.17) is 15.4 Å². The van der Waals surface area contributed by atoms with Crippen molar-refractivity contribution in [2.45, 2.75) is 24.4 Å². The Balaban J connectivity index is 1.85. The summed E-state index contributed by atoms with van der Waals surface area (Å²) in [6, 6.07) is 15.2. The SMILES string of the molecule is N#CCCC1(C(C(N)=O)c2ccc3c(c2)oc2ccccc23)N=NN=N1. The summed E-state index contributed by atoms with van der Waals surface area (Å²) in [5, 5.41) is 26.0. The molecule has 0 bridgehead atoms. The van der Waals surface area contributed by atoms with Crippen LogP contribution in [0.3, 0.4) is 0 Å². The van der Waals surface area contributed by atoms with Gasteiger partial charge in [-0.1, -0.05) is 30.3 Å². The minimum atomic E-state index is -1.29. The number of carbonyl (C=O) groups excluding carboxylic acids is 1. The summed E-state index contributed by atoms with van der Waals surface area (Å²) in [6.07, 6.45) is 0.344. The Morgan fingerprint density at radius 2 is 1.88 bits per heavy atom. The molecular weight excluding hydrogens is 332 g/mol. The summed E-state index contributed by atoms with van der Waals surface area (Å²) < 4.78 is 5.89. The van der Waals surface area contributed by atoms with Crippen molar-refractivity contribution in [1.29, 1.82) is 5.26 Å². The number of hydrogen-bond donors (Lipinski definition) is 1. The first kappa shape index (κ1) is 15.9. The number of benzene rings is 2. The largest absolute Gasteiger partial charge is 0.456 e. The molecule has 1 unspecified atom stereocenters. The lowest BCUT2D eigenvalue weighted by molar-refractivity contribution is -0.121. The molecule has 0 spiro atoms. The van der Waals surface area contributed by atoms with Gasteiger partial charge in [0.05, 0.1) is 6.07 Å². The monoisotopic (exact) mass is 346 g/mol. The van der Waals surface area contributed by atoms with E-state index in [9.17, 15) is 4.79 Å². The highest BCUT2D eigenvalue weighted by Crippen LogP contribution is 2.41. The smallest absolute Gasteiger partial charge is 0.229 e. The van der Waals surface area contributed by atoms with Crippen molar-refractivity contribution in [3.8, 4) is 6.07 Å². The van der Waals surface area contributed by atoms with Gasteiger partial charge in [-0.15, -0.1) is 10.2 Å². The highest BCUT2D eigenvalue weighted by molar-refractivity contribution is 6.05. The molecule has 0 saturated heterocycles. The van der Waals surface area contributed by atoms with Crippen LogP contribution in [-0.2, 0) is 4.79 Å². The van der Waals surface area contributed by atoms with Crippen molar-refractivity contribution in [3.63, 3.8) is 0 Å². The van der Waals surface area contributed by atoms with Gasteiger partial charge in [0.15, 0.2) is 0 Å². The number of amides is 1. The molecule has 0 fully saturated rings. The van der Waals surface area contributed by atoms with Gasteiger partial charge in [-0.2, -0.15) is 5.26 Å². The van der Waals surface area contributed by atoms with E-state index in [0.29, 0.717) is 11.1 Å². The van der Waals surface area contributed by atoms with Crippen molar-refractivity contribution in [3.05, 3.63) is 48.0 Å². The molecule has 0 saturated carbocycles. The number of rotatable bonds is 5. The average molecular weight is 346 g/mol. The zero-order valence-electron chi connectivity index (χ0n) is 13.7. The topological polar surface area (TPSA) is 129 Å². The minimum absolute atomic E-state index is 0.148. The third-order valence-electron chi connectivity index (χ3n) is 4.56. The fourth-order valence-electron chi connectivity index (χ4n) is 3.40. The van der Waals surface area contributed by atoms with Crippen LogP contribution in [0.4, 0.5) is 0 Å². The molecule has 3 aromatic rings. The van der Waals surface area contributed by atoms with Crippen molar-refractivity contribution >= 4 is 27.8 Å². The van der Waals surface area contributed by atoms with Gasteiger partial charge in [0.1, 0.15) is 17.1 Å². The summed E-state index contributed by atoms with van der Waals surface area (Å²) in [5.41, 5.74) is 6.37. The van der Waals surface area contributed by atoms with Gasteiger partial charge in [0.2, 0.25) is 11.6 Å². The molecule has 128 valence electrons. The van der Waals surface area contributed by atoms with E-state index in [1.54, 1.807) is 12.1 Å². The van der Waals surface area contributed by atoms with Crippen molar-refractivity contribution in [2.24, 2.45) is 26.4 Å². The first-order valence-corrected chi connectivity index (χ1v) is 8.06. The van der Waals surface area contributed by atoms with Gasteiger partial charge < -0.3 is 10.2 Å². The van der Waals surface area contributed by atoms with Crippen molar-refractivity contribution in [1.82, 2.24) is 0 Å².